The standard InChI is InChI=1S/C16H18F3NO3/c1-3-23-14(21)9-20(2)15(22)13-8-12(13)10-4-6-11(7-5-10)16(17,18)19/h4-7,12-13H,3,8-9H2,1-2H3. The molecule has 1 aromatic carbocycles. The van der Waals surface area contributed by atoms with Crippen molar-refractivity contribution in [1.29, 1.82) is 0 Å². The molecule has 1 amide bonds. The summed E-state index contributed by atoms with van der Waals surface area (Å²) >= 11 is 0. The van der Waals surface area contributed by atoms with Gasteiger partial charge >= 0.3 is 12.1 Å². The van der Waals surface area contributed by atoms with Crippen LogP contribution < -0.4 is 0 Å². The summed E-state index contributed by atoms with van der Waals surface area (Å²) in [4.78, 5) is 24.9. The Labute approximate surface area is 132 Å². The fourth-order valence-corrected chi connectivity index (χ4v) is 2.52. The third kappa shape index (κ3) is 4.24. The summed E-state index contributed by atoms with van der Waals surface area (Å²) in [5.41, 5.74) is 0.00471. The van der Waals surface area contributed by atoms with Crippen molar-refractivity contribution in [2.24, 2.45) is 5.92 Å². The maximum absolute atomic E-state index is 12.5. The van der Waals surface area contributed by atoms with Crippen LogP contribution >= 0.6 is 0 Å². The van der Waals surface area contributed by atoms with Gasteiger partial charge in [-0.05, 0) is 37.0 Å². The summed E-state index contributed by atoms with van der Waals surface area (Å²) in [5.74, 6) is -1.04. The SMILES string of the molecule is CCOC(=O)CN(C)C(=O)C1CC1c1ccc(C(F)(F)F)cc1. The van der Waals surface area contributed by atoms with Gasteiger partial charge in [-0.15, -0.1) is 0 Å². The lowest BCUT2D eigenvalue weighted by Crippen LogP contribution is -2.34. The highest BCUT2D eigenvalue weighted by Crippen LogP contribution is 2.48. The summed E-state index contributed by atoms with van der Waals surface area (Å²) in [7, 11) is 1.52. The van der Waals surface area contributed by atoms with Crippen LogP contribution in [-0.2, 0) is 20.5 Å². The van der Waals surface area contributed by atoms with Gasteiger partial charge in [0.05, 0.1) is 12.2 Å². The zero-order valence-corrected chi connectivity index (χ0v) is 12.9. The Balaban J connectivity index is 1.93. The first-order chi connectivity index (χ1) is 10.7. The molecule has 1 saturated carbocycles. The number of likely N-dealkylation sites (N-methyl/N-ethyl adjacent to an activating group) is 1. The first kappa shape index (κ1) is 17.3. The Morgan fingerprint density at radius 1 is 1.26 bits per heavy atom. The van der Waals surface area contributed by atoms with Crippen LogP contribution in [0.15, 0.2) is 24.3 Å². The molecule has 0 radical (unpaired) electrons. The van der Waals surface area contributed by atoms with Gasteiger partial charge in [-0.1, -0.05) is 12.1 Å². The van der Waals surface area contributed by atoms with E-state index in [9.17, 15) is 22.8 Å². The van der Waals surface area contributed by atoms with E-state index >= 15 is 0 Å². The Morgan fingerprint density at radius 3 is 2.39 bits per heavy atom. The summed E-state index contributed by atoms with van der Waals surface area (Å²) in [5, 5.41) is 0. The van der Waals surface area contributed by atoms with Crippen molar-refractivity contribution < 1.29 is 27.5 Å². The van der Waals surface area contributed by atoms with Gasteiger partial charge in [0, 0.05) is 13.0 Å². The average Bonchev–Trinajstić information content (AvgIpc) is 3.26. The number of ether oxygens (including phenoxy) is 1. The summed E-state index contributed by atoms with van der Waals surface area (Å²) in [6.45, 7) is 1.81. The minimum Gasteiger partial charge on any atom is -0.465 e. The minimum absolute atomic E-state index is 0.0885. The van der Waals surface area contributed by atoms with E-state index in [1.165, 1.54) is 24.1 Å². The molecule has 0 N–H and O–H groups in total. The number of amides is 1. The monoisotopic (exact) mass is 329 g/mol. The molecule has 4 nitrogen and oxygen atoms in total. The molecule has 23 heavy (non-hydrogen) atoms. The largest absolute Gasteiger partial charge is 0.465 e. The van der Waals surface area contributed by atoms with Gasteiger partial charge in [-0.25, -0.2) is 0 Å². The van der Waals surface area contributed by atoms with E-state index in [0.29, 0.717) is 12.0 Å². The Kier molecular flexibility index (Phi) is 4.97. The second kappa shape index (κ2) is 6.60. The molecule has 1 aromatic rings. The van der Waals surface area contributed by atoms with Crippen LogP contribution in [0.1, 0.15) is 30.4 Å². The third-order valence-electron chi connectivity index (χ3n) is 3.82. The third-order valence-corrected chi connectivity index (χ3v) is 3.82. The quantitative estimate of drug-likeness (QED) is 0.781. The molecular weight excluding hydrogens is 311 g/mol. The number of halogens is 3. The van der Waals surface area contributed by atoms with Crippen molar-refractivity contribution in [3.8, 4) is 0 Å². The van der Waals surface area contributed by atoms with Gasteiger partial charge in [0.2, 0.25) is 5.91 Å². The fourth-order valence-electron chi connectivity index (χ4n) is 2.52. The lowest BCUT2D eigenvalue weighted by molar-refractivity contribution is -0.148. The molecule has 0 spiro atoms. The van der Waals surface area contributed by atoms with E-state index in [-0.39, 0.29) is 30.9 Å². The maximum Gasteiger partial charge on any atom is 0.416 e. The highest BCUT2D eigenvalue weighted by Gasteiger charge is 2.45. The molecule has 1 aliphatic rings. The molecule has 2 atom stereocenters. The first-order valence-electron chi connectivity index (χ1n) is 7.31. The predicted molar refractivity (Wildman–Crippen MR) is 76.6 cm³/mol. The summed E-state index contributed by atoms with van der Waals surface area (Å²) in [6, 6.07) is 4.87. The number of esters is 1. The van der Waals surface area contributed by atoms with E-state index in [4.69, 9.17) is 4.74 Å². The van der Waals surface area contributed by atoms with Crippen molar-refractivity contribution in [2.75, 3.05) is 20.2 Å². The van der Waals surface area contributed by atoms with E-state index in [2.05, 4.69) is 0 Å². The van der Waals surface area contributed by atoms with E-state index in [1.807, 2.05) is 0 Å². The van der Waals surface area contributed by atoms with Crippen molar-refractivity contribution in [3.63, 3.8) is 0 Å². The number of carbonyl (C=O) groups excluding carboxylic acids is 2. The molecule has 0 heterocycles. The molecule has 126 valence electrons. The second-order valence-electron chi connectivity index (χ2n) is 5.57. The number of alkyl halides is 3. The number of benzene rings is 1. The van der Waals surface area contributed by atoms with Crippen LogP contribution in [0.3, 0.4) is 0 Å². The zero-order chi connectivity index (χ0) is 17.2. The maximum atomic E-state index is 12.5. The number of hydrogen-bond acceptors (Lipinski definition) is 3. The lowest BCUT2D eigenvalue weighted by Gasteiger charge is -2.16. The van der Waals surface area contributed by atoms with E-state index in [0.717, 1.165) is 12.1 Å². The molecule has 1 fully saturated rings. The number of carbonyl (C=O) groups is 2. The smallest absolute Gasteiger partial charge is 0.416 e. The minimum atomic E-state index is -4.36. The Morgan fingerprint density at radius 2 is 1.87 bits per heavy atom. The van der Waals surface area contributed by atoms with Gasteiger partial charge in [0.25, 0.3) is 0 Å². The van der Waals surface area contributed by atoms with Crippen molar-refractivity contribution in [1.82, 2.24) is 4.90 Å². The predicted octanol–water partition coefficient (Wildman–Crippen LogP) is 2.83. The molecule has 7 heteroatoms. The van der Waals surface area contributed by atoms with Crippen LogP contribution in [0.4, 0.5) is 13.2 Å². The average molecular weight is 329 g/mol. The van der Waals surface area contributed by atoms with E-state index < -0.39 is 17.7 Å². The lowest BCUT2D eigenvalue weighted by atomic mass is 10.1. The highest BCUT2D eigenvalue weighted by molar-refractivity contribution is 5.86. The van der Waals surface area contributed by atoms with Crippen LogP contribution in [0.5, 0.6) is 0 Å². The zero-order valence-electron chi connectivity index (χ0n) is 12.9. The first-order valence-corrected chi connectivity index (χ1v) is 7.31. The second-order valence-corrected chi connectivity index (χ2v) is 5.57. The molecule has 2 unspecified atom stereocenters. The van der Waals surface area contributed by atoms with Crippen LogP contribution in [0, 0.1) is 5.92 Å². The summed E-state index contributed by atoms with van der Waals surface area (Å²) in [6.07, 6.45) is -3.78. The van der Waals surface area contributed by atoms with Gasteiger partial charge in [-0.2, -0.15) is 13.2 Å². The highest BCUT2D eigenvalue weighted by atomic mass is 19.4. The summed E-state index contributed by atoms with van der Waals surface area (Å²) < 4.78 is 42.4. The van der Waals surface area contributed by atoms with Gasteiger partial charge in [0.1, 0.15) is 6.54 Å². The molecule has 0 bridgehead atoms. The number of nitrogens with zero attached hydrogens (tertiary/aromatic N) is 1. The van der Waals surface area contributed by atoms with Crippen LogP contribution in [0.25, 0.3) is 0 Å². The Hall–Kier alpha value is -2.05. The molecular formula is C16H18F3NO3. The topological polar surface area (TPSA) is 46.6 Å². The van der Waals surface area contributed by atoms with Crippen molar-refractivity contribution in [2.45, 2.75) is 25.4 Å². The van der Waals surface area contributed by atoms with E-state index in [1.54, 1.807) is 6.92 Å². The van der Waals surface area contributed by atoms with Gasteiger partial charge in [0.15, 0.2) is 0 Å². The number of hydrogen-bond donors (Lipinski definition) is 0. The fraction of sp³-hybridized carbons (Fsp3) is 0.500. The van der Waals surface area contributed by atoms with Crippen LogP contribution in [-0.4, -0.2) is 37.0 Å². The van der Waals surface area contributed by atoms with Crippen molar-refractivity contribution >= 4 is 11.9 Å². The van der Waals surface area contributed by atoms with Gasteiger partial charge in [-0.3, -0.25) is 9.59 Å². The van der Waals surface area contributed by atoms with Crippen LogP contribution in [0.2, 0.25) is 0 Å². The molecule has 0 aromatic heterocycles. The molecule has 0 saturated heterocycles. The van der Waals surface area contributed by atoms with Gasteiger partial charge < -0.3 is 9.64 Å². The van der Waals surface area contributed by atoms with Crippen molar-refractivity contribution in [3.05, 3.63) is 35.4 Å². The molecule has 1 aliphatic carbocycles. The molecule has 2 rings (SSSR count). The molecule has 0 aliphatic heterocycles. The normalized spacial score (nSPS) is 20.0. The number of rotatable bonds is 5. The Bertz CT molecular complexity index is 583.